The van der Waals surface area contributed by atoms with Gasteiger partial charge in [-0.1, -0.05) is 37.6 Å². The van der Waals surface area contributed by atoms with Crippen molar-refractivity contribution in [2.24, 2.45) is 17.6 Å². The lowest BCUT2D eigenvalue weighted by Gasteiger charge is -2.25. The van der Waals surface area contributed by atoms with Crippen LogP contribution in [-0.4, -0.2) is 53.8 Å². The number of Topliss-reactive ketones (excluding diaryl/α,β-unsaturated/α-hetero) is 1. The summed E-state index contributed by atoms with van der Waals surface area (Å²) < 4.78 is 5.70. The van der Waals surface area contributed by atoms with E-state index in [-0.39, 0.29) is 24.7 Å². The van der Waals surface area contributed by atoms with E-state index in [2.05, 4.69) is 16.0 Å². The Morgan fingerprint density at radius 3 is 2.47 bits per heavy atom. The zero-order chi connectivity index (χ0) is 26.5. The van der Waals surface area contributed by atoms with E-state index in [0.29, 0.717) is 37.3 Å². The first-order valence-electron chi connectivity index (χ1n) is 12.1. The lowest BCUT2D eigenvalue weighted by Crippen LogP contribution is -2.54. The van der Waals surface area contributed by atoms with E-state index in [0.717, 1.165) is 5.56 Å². The molecule has 3 atom stereocenters. The van der Waals surface area contributed by atoms with Crippen LogP contribution in [-0.2, 0) is 30.3 Å². The third kappa shape index (κ3) is 7.68. The summed E-state index contributed by atoms with van der Waals surface area (Å²) in [6.07, 6.45) is 1.82. The molecular weight excluding hydrogens is 488 g/mol. The van der Waals surface area contributed by atoms with E-state index >= 15 is 0 Å². The van der Waals surface area contributed by atoms with Gasteiger partial charge in [-0.2, -0.15) is 0 Å². The number of nitrogens with one attached hydrogen (secondary N) is 3. The molecule has 1 saturated carbocycles. The molecule has 5 N–H and O–H groups in total. The molecule has 3 rings (SSSR count). The summed E-state index contributed by atoms with van der Waals surface area (Å²) in [7, 11) is 0. The van der Waals surface area contributed by atoms with Crippen LogP contribution in [0.4, 0.5) is 4.79 Å². The molecule has 10 nitrogen and oxygen atoms in total. The number of benzene rings is 1. The Morgan fingerprint density at radius 1 is 1.19 bits per heavy atom. The third-order valence-electron chi connectivity index (χ3n) is 6.41. The van der Waals surface area contributed by atoms with Crippen molar-refractivity contribution in [1.29, 1.82) is 0 Å². The van der Waals surface area contributed by atoms with Crippen molar-refractivity contribution in [3.63, 3.8) is 0 Å². The van der Waals surface area contributed by atoms with Gasteiger partial charge in [0.15, 0.2) is 0 Å². The van der Waals surface area contributed by atoms with E-state index in [1.807, 2.05) is 32.0 Å². The van der Waals surface area contributed by atoms with Crippen LogP contribution in [0.2, 0.25) is 5.02 Å². The van der Waals surface area contributed by atoms with Gasteiger partial charge in [0.1, 0.15) is 11.6 Å². The molecule has 0 bridgehead atoms. The molecule has 1 saturated heterocycles. The third-order valence-corrected chi connectivity index (χ3v) is 6.64. The molecule has 4 amide bonds. The standard InChI is InChI=1S/C25H33ClN4O6/c1-14(2)10-19(23(34)29-18(20(31)21(27)32)12-16-6-9-28-22(16)33)30-24(35)36-25(7-8-25)13-15-4-3-5-17(26)11-15/h3-5,11,14,16,18-19H,6-10,12-13H2,1-2H3,(H2,27,32)(H,28,33)(H,29,34)(H,30,35). The minimum absolute atomic E-state index is 0.0216. The quantitative estimate of drug-likeness (QED) is 0.307. The Balaban J connectivity index is 1.65. The molecule has 2 fully saturated rings. The van der Waals surface area contributed by atoms with Crippen LogP contribution in [0.1, 0.15) is 51.5 Å². The fourth-order valence-electron chi connectivity index (χ4n) is 4.37. The second kappa shape index (κ2) is 11.7. The Bertz CT molecular complexity index is 1030. The second-order valence-corrected chi connectivity index (χ2v) is 10.4. The highest BCUT2D eigenvalue weighted by Crippen LogP contribution is 2.42. The molecule has 3 unspecified atom stereocenters. The van der Waals surface area contributed by atoms with Crippen molar-refractivity contribution in [2.75, 3.05) is 6.54 Å². The smallest absolute Gasteiger partial charge is 0.408 e. The summed E-state index contributed by atoms with van der Waals surface area (Å²) in [5, 5.41) is 8.39. The van der Waals surface area contributed by atoms with Gasteiger partial charge in [0.2, 0.25) is 17.6 Å². The minimum Gasteiger partial charge on any atom is -0.443 e. The average molecular weight is 521 g/mol. The zero-order valence-corrected chi connectivity index (χ0v) is 21.2. The van der Waals surface area contributed by atoms with Crippen LogP contribution in [0.3, 0.4) is 0 Å². The maximum atomic E-state index is 13.1. The number of carbonyl (C=O) groups is 5. The van der Waals surface area contributed by atoms with Crippen molar-refractivity contribution in [3.05, 3.63) is 34.9 Å². The van der Waals surface area contributed by atoms with Crippen LogP contribution in [0.5, 0.6) is 0 Å². The molecule has 1 aliphatic heterocycles. The topological polar surface area (TPSA) is 157 Å². The van der Waals surface area contributed by atoms with Gasteiger partial charge in [0, 0.05) is 23.9 Å². The summed E-state index contributed by atoms with van der Waals surface area (Å²) >= 11 is 6.06. The molecule has 196 valence electrons. The SMILES string of the molecule is CC(C)CC(NC(=O)OC1(Cc2cccc(Cl)c2)CC1)C(=O)NC(CC1CCNC1=O)C(=O)C(N)=O. The lowest BCUT2D eigenvalue weighted by molar-refractivity contribution is -0.139. The number of primary amides is 1. The highest BCUT2D eigenvalue weighted by molar-refractivity contribution is 6.38. The Hall–Kier alpha value is -3.14. The summed E-state index contributed by atoms with van der Waals surface area (Å²) in [6.45, 7) is 4.21. The van der Waals surface area contributed by atoms with E-state index in [9.17, 15) is 24.0 Å². The number of ketones is 1. The highest BCUT2D eigenvalue weighted by Gasteiger charge is 2.47. The van der Waals surface area contributed by atoms with Gasteiger partial charge in [-0.25, -0.2) is 4.79 Å². The van der Waals surface area contributed by atoms with Gasteiger partial charge in [-0.3, -0.25) is 19.2 Å². The Morgan fingerprint density at radius 2 is 1.92 bits per heavy atom. The average Bonchev–Trinajstić information content (AvgIpc) is 3.41. The van der Waals surface area contributed by atoms with E-state index in [4.69, 9.17) is 22.1 Å². The lowest BCUT2D eigenvalue weighted by atomic mass is 9.94. The van der Waals surface area contributed by atoms with Crippen LogP contribution in [0.25, 0.3) is 0 Å². The van der Waals surface area contributed by atoms with Crippen molar-refractivity contribution in [1.82, 2.24) is 16.0 Å². The summed E-state index contributed by atoms with van der Waals surface area (Å²) in [6, 6.07) is 5.04. The van der Waals surface area contributed by atoms with E-state index < -0.39 is 47.3 Å². The molecule has 1 aromatic carbocycles. The molecule has 1 aliphatic carbocycles. The van der Waals surface area contributed by atoms with Crippen LogP contribution in [0.15, 0.2) is 24.3 Å². The van der Waals surface area contributed by atoms with Crippen LogP contribution >= 0.6 is 11.6 Å². The van der Waals surface area contributed by atoms with Crippen molar-refractivity contribution < 1.29 is 28.7 Å². The van der Waals surface area contributed by atoms with Gasteiger partial charge >= 0.3 is 6.09 Å². The number of halogens is 1. The number of alkyl carbamates (subject to hydrolysis) is 1. The number of hydrogen-bond acceptors (Lipinski definition) is 6. The summed E-state index contributed by atoms with van der Waals surface area (Å²) in [5.74, 6) is -3.61. The fraction of sp³-hybridized carbons (Fsp3) is 0.560. The first-order valence-corrected chi connectivity index (χ1v) is 12.5. The van der Waals surface area contributed by atoms with Gasteiger partial charge in [-0.15, -0.1) is 0 Å². The molecule has 1 aromatic rings. The molecular formula is C25H33ClN4O6. The first-order chi connectivity index (χ1) is 17.0. The maximum absolute atomic E-state index is 13.1. The number of carbonyl (C=O) groups excluding carboxylic acids is 5. The molecule has 0 spiro atoms. The monoisotopic (exact) mass is 520 g/mol. The fourth-order valence-corrected chi connectivity index (χ4v) is 4.59. The number of rotatable bonds is 12. The van der Waals surface area contributed by atoms with Crippen LogP contribution in [0, 0.1) is 11.8 Å². The molecule has 11 heteroatoms. The molecule has 1 heterocycles. The normalized spacial score (nSPS) is 19.7. The number of amides is 4. The van der Waals surface area contributed by atoms with Gasteiger partial charge in [-0.05, 0) is 55.7 Å². The Labute approximate surface area is 215 Å². The molecule has 36 heavy (non-hydrogen) atoms. The van der Waals surface area contributed by atoms with Crippen molar-refractivity contribution in [2.45, 2.75) is 70.1 Å². The number of nitrogens with two attached hydrogens (primary N) is 1. The summed E-state index contributed by atoms with van der Waals surface area (Å²) in [4.78, 5) is 61.8. The zero-order valence-electron chi connectivity index (χ0n) is 20.5. The first kappa shape index (κ1) is 27.4. The van der Waals surface area contributed by atoms with Gasteiger partial charge in [0.05, 0.1) is 6.04 Å². The van der Waals surface area contributed by atoms with Gasteiger partial charge in [0.25, 0.3) is 5.91 Å². The maximum Gasteiger partial charge on any atom is 0.408 e. The molecule has 2 aliphatic rings. The number of ether oxygens (including phenoxy) is 1. The van der Waals surface area contributed by atoms with E-state index in [1.54, 1.807) is 6.07 Å². The largest absolute Gasteiger partial charge is 0.443 e. The Kier molecular flexibility index (Phi) is 8.94. The predicted molar refractivity (Wildman–Crippen MR) is 132 cm³/mol. The molecule has 0 radical (unpaired) electrons. The van der Waals surface area contributed by atoms with Gasteiger partial charge < -0.3 is 26.4 Å². The molecule has 0 aromatic heterocycles. The van der Waals surface area contributed by atoms with Crippen LogP contribution < -0.4 is 21.7 Å². The highest BCUT2D eigenvalue weighted by atomic mass is 35.5. The second-order valence-electron chi connectivity index (χ2n) is 10.0. The van der Waals surface area contributed by atoms with E-state index in [1.165, 1.54) is 0 Å². The predicted octanol–water partition coefficient (Wildman–Crippen LogP) is 1.62. The minimum atomic E-state index is -1.27. The number of hydrogen-bond donors (Lipinski definition) is 4. The van der Waals surface area contributed by atoms with Crippen molar-refractivity contribution >= 4 is 41.2 Å². The van der Waals surface area contributed by atoms with Crippen molar-refractivity contribution in [3.8, 4) is 0 Å². The summed E-state index contributed by atoms with van der Waals surface area (Å²) in [5.41, 5.74) is 5.45.